The van der Waals surface area contributed by atoms with Crippen molar-refractivity contribution in [3.63, 3.8) is 0 Å². The summed E-state index contributed by atoms with van der Waals surface area (Å²) in [6, 6.07) is 9.95. The van der Waals surface area contributed by atoms with Gasteiger partial charge in [0.2, 0.25) is 0 Å². The van der Waals surface area contributed by atoms with Crippen molar-refractivity contribution in [2.75, 3.05) is 6.61 Å². The highest BCUT2D eigenvalue weighted by Crippen LogP contribution is 2.35. The van der Waals surface area contributed by atoms with Gasteiger partial charge in [0.25, 0.3) is 0 Å². The van der Waals surface area contributed by atoms with E-state index < -0.39 is 37.1 Å². The number of rotatable bonds is 5. The van der Waals surface area contributed by atoms with Crippen LogP contribution >= 0.6 is 22.7 Å². The van der Waals surface area contributed by atoms with Crippen LogP contribution in [-0.2, 0) is 11.2 Å². The van der Waals surface area contributed by atoms with Crippen LogP contribution in [0.2, 0.25) is 0 Å². The molecule has 29 heavy (non-hydrogen) atoms. The summed E-state index contributed by atoms with van der Waals surface area (Å²) >= 11 is 3.32. The predicted molar refractivity (Wildman–Crippen MR) is 112 cm³/mol. The quantitative estimate of drug-likeness (QED) is 0.492. The van der Waals surface area contributed by atoms with E-state index in [1.165, 1.54) is 4.88 Å². The molecular formula is C21H23NO5S2. The number of aliphatic hydroxyl groups is 4. The van der Waals surface area contributed by atoms with Crippen LogP contribution in [0.25, 0.3) is 9.88 Å². The van der Waals surface area contributed by atoms with Crippen molar-refractivity contribution in [3.05, 3.63) is 63.5 Å². The summed E-state index contributed by atoms with van der Waals surface area (Å²) < 4.78 is 5.70. The number of benzene rings is 1. The van der Waals surface area contributed by atoms with Gasteiger partial charge in [-0.2, -0.15) is 0 Å². The van der Waals surface area contributed by atoms with Gasteiger partial charge < -0.3 is 25.2 Å². The topological polar surface area (TPSA) is 103 Å². The number of hydrogen-bond donors (Lipinski definition) is 4. The molecule has 4 N–H and O–H groups in total. The van der Waals surface area contributed by atoms with Crippen LogP contribution in [0.4, 0.5) is 0 Å². The Morgan fingerprint density at radius 1 is 1.07 bits per heavy atom. The fourth-order valence-electron chi connectivity index (χ4n) is 3.56. The van der Waals surface area contributed by atoms with Gasteiger partial charge in [0.1, 0.15) is 35.5 Å². The first-order chi connectivity index (χ1) is 14.0. The van der Waals surface area contributed by atoms with Gasteiger partial charge >= 0.3 is 0 Å². The fourth-order valence-corrected chi connectivity index (χ4v) is 5.30. The monoisotopic (exact) mass is 433 g/mol. The normalized spacial score (nSPS) is 27.3. The highest BCUT2D eigenvalue weighted by molar-refractivity contribution is 7.21. The van der Waals surface area contributed by atoms with Gasteiger partial charge in [0.15, 0.2) is 0 Å². The number of aryl methyl sites for hydroxylation is 1. The van der Waals surface area contributed by atoms with E-state index in [-0.39, 0.29) is 0 Å². The standard InChI is InChI=1S/C21H23NO5S2/c1-11-2-3-12(20-19(26)18(25)17(24)15(10-23)27-20)8-13(11)9-14-4-5-16(29-14)21-22-6-7-28-21/h2-8,15,17-20,23-26H,9-10H2,1H3/t15-,17-,18+,19-,20+/m1/s1. The van der Waals surface area contributed by atoms with Crippen LogP contribution in [0.3, 0.4) is 0 Å². The van der Waals surface area contributed by atoms with Gasteiger partial charge in [-0.05, 0) is 35.7 Å². The van der Waals surface area contributed by atoms with Gasteiger partial charge in [-0.25, -0.2) is 4.98 Å². The molecule has 1 aromatic carbocycles. The number of thiophene rings is 1. The summed E-state index contributed by atoms with van der Waals surface area (Å²) in [5.74, 6) is 0. The Balaban J connectivity index is 1.58. The Labute approximate surface area is 176 Å². The van der Waals surface area contributed by atoms with Gasteiger partial charge in [0.05, 0.1) is 11.5 Å². The molecule has 4 rings (SSSR count). The van der Waals surface area contributed by atoms with Crippen molar-refractivity contribution in [1.29, 1.82) is 0 Å². The Kier molecular flexibility index (Phi) is 6.12. The summed E-state index contributed by atoms with van der Waals surface area (Å²) in [5.41, 5.74) is 2.91. The van der Waals surface area contributed by atoms with Gasteiger partial charge in [-0.15, -0.1) is 22.7 Å². The van der Waals surface area contributed by atoms with Crippen molar-refractivity contribution < 1.29 is 25.2 Å². The van der Waals surface area contributed by atoms with Crippen LogP contribution in [0.1, 0.15) is 27.7 Å². The molecule has 0 amide bonds. The molecule has 2 aromatic heterocycles. The Morgan fingerprint density at radius 2 is 1.90 bits per heavy atom. The molecular weight excluding hydrogens is 410 g/mol. The summed E-state index contributed by atoms with van der Waals surface area (Å²) in [5, 5.41) is 42.9. The number of aromatic nitrogens is 1. The van der Waals surface area contributed by atoms with E-state index in [1.54, 1.807) is 28.9 Å². The first kappa shape index (κ1) is 20.6. The van der Waals surface area contributed by atoms with Crippen molar-refractivity contribution in [1.82, 2.24) is 4.98 Å². The Bertz CT molecular complexity index is 956. The summed E-state index contributed by atoms with van der Waals surface area (Å²) in [6.07, 6.45) is -3.22. The number of nitrogens with zero attached hydrogens (tertiary/aromatic N) is 1. The number of ether oxygens (including phenoxy) is 1. The van der Waals surface area contributed by atoms with Crippen LogP contribution in [-0.4, -0.2) is 56.4 Å². The molecule has 0 radical (unpaired) electrons. The predicted octanol–water partition coefficient (Wildman–Crippen LogP) is 2.29. The van der Waals surface area contributed by atoms with Gasteiger partial charge in [-0.3, -0.25) is 0 Å². The number of hydrogen-bond acceptors (Lipinski definition) is 8. The van der Waals surface area contributed by atoms with Gasteiger partial charge in [-0.1, -0.05) is 18.2 Å². The lowest BCUT2D eigenvalue weighted by molar-refractivity contribution is -0.231. The highest BCUT2D eigenvalue weighted by Gasteiger charge is 2.43. The van der Waals surface area contributed by atoms with Crippen molar-refractivity contribution in [2.45, 2.75) is 43.9 Å². The maximum atomic E-state index is 10.4. The molecule has 0 spiro atoms. The zero-order valence-corrected chi connectivity index (χ0v) is 17.4. The summed E-state index contributed by atoms with van der Waals surface area (Å²) in [6.45, 7) is 1.59. The molecule has 1 saturated heterocycles. The largest absolute Gasteiger partial charge is 0.394 e. The van der Waals surface area contributed by atoms with E-state index in [0.29, 0.717) is 5.56 Å². The minimum Gasteiger partial charge on any atom is -0.394 e. The Hall–Kier alpha value is -1.65. The molecule has 3 aromatic rings. The lowest BCUT2D eigenvalue weighted by atomic mass is 9.89. The summed E-state index contributed by atoms with van der Waals surface area (Å²) in [7, 11) is 0. The molecule has 5 atom stereocenters. The third kappa shape index (κ3) is 4.15. The lowest BCUT2D eigenvalue weighted by Gasteiger charge is -2.40. The SMILES string of the molecule is Cc1ccc([C@@H]2O[C@H](CO)[C@@H](O)[C@H](O)[C@H]2O)cc1Cc1ccc(-c2nccs2)s1. The average molecular weight is 434 g/mol. The van der Waals surface area contributed by atoms with Gasteiger partial charge in [0, 0.05) is 22.9 Å². The van der Waals surface area contributed by atoms with Crippen LogP contribution < -0.4 is 0 Å². The third-order valence-electron chi connectivity index (χ3n) is 5.26. The van der Waals surface area contributed by atoms with Crippen LogP contribution in [0.15, 0.2) is 41.9 Å². The molecule has 0 unspecified atom stereocenters. The maximum Gasteiger partial charge on any atom is 0.133 e. The molecule has 6 nitrogen and oxygen atoms in total. The second-order valence-corrected chi connectivity index (χ2v) is 9.28. The first-order valence-electron chi connectivity index (χ1n) is 9.36. The maximum absolute atomic E-state index is 10.4. The molecule has 1 fully saturated rings. The molecule has 0 aliphatic carbocycles. The molecule has 1 aliphatic rings. The van der Waals surface area contributed by atoms with E-state index in [1.807, 2.05) is 30.5 Å². The minimum atomic E-state index is -1.38. The van der Waals surface area contributed by atoms with Crippen molar-refractivity contribution in [3.8, 4) is 9.88 Å². The van der Waals surface area contributed by atoms with E-state index in [2.05, 4.69) is 17.1 Å². The highest BCUT2D eigenvalue weighted by atomic mass is 32.1. The molecule has 0 bridgehead atoms. The first-order valence-corrected chi connectivity index (χ1v) is 11.1. The molecule has 3 heterocycles. The van der Waals surface area contributed by atoms with E-state index in [9.17, 15) is 20.4 Å². The Morgan fingerprint density at radius 3 is 2.62 bits per heavy atom. The smallest absolute Gasteiger partial charge is 0.133 e. The van der Waals surface area contributed by atoms with Crippen molar-refractivity contribution in [2.24, 2.45) is 0 Å². The fraction of sp³-hybridized carbons (Fsp3) is 0.381. The lowest BCUT2D eigenvalue weighted by Crippen LogP contribution is -2.55. The second kappa shape index (κ2) is 8.61. The van der Waals surface area contributed by atoms with E-state index in [4.69, 9.17) is 4.74 Å². The van der Waals surface area contributed by atoms with E-state index >= 15 is 0 Å². The van der Waals surface area contributed by atoms with E-state index in [0.717, 1.165) is 27.4 Å². The molecule has 1 aliphatic heterocycles. The summed E-state index contributed by atoms with van der Waals surface area (Å²) in [4.78, 5) is 6.69. The number of thiazole rings is 1. The average Bonchev–Trinajstić information content (AvgIpc) is 3.40. The number of aliphatic hydroxyl groups excluding tert-OH is 4. The zero-order valence-electron chi connectivity index (χ0n) is 15.8. The minimum absolute atomic E-state index is 0.436. The molecule has 0 saturated carbocycles. The van der Waals surface area contributed by atoms with Crippen molar-refractivity contribution >= 4 is 22.7 Å². The third-order valence-corrected chi connectivity index (χ3v) is 7.29. The molecule has 154 valence electrons. The molecule has 8 heteroatoms. The van der Waals surface area contributed by atoms with Crippen LogP contribution in [0.5, 0.6) is 0 Å². The zero-order chi connectivity index (χ0) is 20.5. The van der Waals surface area contributed by atoms with Crippen LogP contribution in [0, 0.1) is 6.92 Å². The second-order valence-electron chi connectivity index (χ2n) is 7.22.